The highest BCUT2D eigenvalue weighted by Gasteiger charge is 2.50. The molecule has 0 bridgehead atoms. The Labute approximate surface area is 173 Å². The highest BCUT2D eigenvalue weighted by molar-refractivity contribution is 6.32. The van der Waals surface area contributed by atoms with Crippen molar-refractivity contribution < 1.29 is 19.3 Å². The number of aliphatic hydroxyl groups excluding tert-OH is 1. The molecule has 28 heavy (non-hydrogen) atoms. The third kappa shape index (κ3) is 5.00. The molecule has 1 aromatic rings. The molecule has 2 aliphatic heterocycles. The molecule has 0 aliphatic carbocycles. The molecule has 0 saturated carbocycles. The van der Waals surface area contributed by atoms with Gasteiger partial charge in [0, 0.05) is 19.7 Å². The highest BCUT2D eigenvalue weighted by Crippen LogP contribution is 2.41. The first-order chi connectivity index (χ1) is 13.2. The van der Waals surface area contributed by atoms with Crippen LogP contribution in [0.5, 0.6) is 5.75 Å². The smallest absolute Gasteiger partial charge is 0.174 e. The summed E-state index contributed by atoms with van der Waals surface area (Å²) < 4.78 is 18.6. The van der Waals surface area contributed by atoms with Crippen molar-refractivity contribution >= 4 is 11.6 Å². The van der Waals surface area contributed by atoms with E-state index in [9.17, 15) is 5.11 Å². The van der Waals surface area contributed by atoms with Gasteiger partial charge in [-0.3, -0.25) is 0 Å². The Morgan fingerprint density at radius 3 is 2.93 bits per heavy atom. The number of piperidine rings is 1. The monoisotopic (exact) mass is 411 g/mol. The second-order valence-corrected chi connectivity index (χ2v) is 9.46. The van der Waals surface area contributed by atoms with Crippen LogP contribution >= 0.6 is 11.6 Å². The van der Waals surface area contributed by atoms with E-state index in [2.05, 4.69) is 18.7 Å². The van der Waals surface area contributed by atoms with E-state index in [1.807, 2.05) is 32.0 Å². The molecule has 0 aromatic heterocycles. The van der Waals surface area contributed by atoms with Gasteiger partial charge in [-0.25, -0.2) is 0 Å². The fourth-order valence-electron chi connectivity index (χ4n) is 3.95. The minimum absolute atomic E-state index is 0.0317. The van der Waals surface area contributed by atoms with Crippen molar-refractivity contribution in [3.05, 3.63) is 28.8 Å². The Hall–Kier alpha value is -0.850. The molecule has 2 heterocycles. The number of halogens is 1. The summed E-state index contributed by atoms with van der Waals surface area (Å²) in [5.41, 5.74) is 0.754. The lowest BCUT2D eigenvalue weighted by Gasteiger charge is -2.40. The Balaban J connectivity index is 1.56. The first-order valence-corrected chi connectivity index (χ1v) is 10.6. The van der Waals surface area contributed by atoms with E-state index in [1.54, 1.807) is 0 Å². The van der Waals surface area contributed by atoms with E-state index in [1.165, 1.54) is 0 Å². The predicted octanol–water partition coefficient (Wildman–Crippen LogP) is 3.89. The SMILES string of the molecule is Cc1ccc(Cl)c(OCC(C)(C)C2(C)OCC(CN3CCCC(CO)C3)O2)c1. The predicted molar refractivity (Wildman–Crippen MR) is 111 cm³/mol. The van der Waals surface area contributed by atoms with Crippen molar-refractivity contribution in [2.75, 3.05) is 39.5 Å². The Bertz CT molecular complexity index is 668. The first kappa shape index (κ1) is 21.8. The number of aryl methyl sites for hydroxylation is 1. The average Bonchev–Trinajstić information content (AvgIpc) is 3.05. The molecule has 2 aliphatic rings. The molecule has 1 N–H and O–H groups in total. The van der Waals surface area contributed by atoms with E-state index in [0.717, 1.165) is 38.0 Å². The van der Waals surface area contributed by atoms with Crippen LogP contribution < -0.4 is 4.74 Å². The average molecular weight is 412 g/mol. The van der Waals surface area contributed by atoms with Gasteiger partial charge >= 0.3 is 0 Å². The molecule has 1 aromatic carbocycles. The molecule has 0 radical (unpaired) electrons. The van der Waals surface area contributed by atoms with E-state index < -0.39 is 5.79 Å². The zero-order chi connectivity index (χ0) is 20.4. The zero-order valence-corrected chi connectivity index (χ0v) is 18.3. The van der Waals surface area contributed by atoms with Gasteiger partial charge in [0.2, 0.25) is 0 Å². The van der Waals surface area contributed by atoms with Gasteiger partial charge in [0.05, 0.1) is 29.8 Å². The molecule has 5 nitrogen and oxygen atoms in total. The minimum Gasteiger partial charge on any atom is -0.491 e. The van der Waals surface area contributed by atoms with Crippen LogP contribution in [0.2, 0.25) is 5.02 Å². The fraction of sp³-hybridized carbons (Fsp3) is 0.727. The number of rotatable bonds is 7. The van der Waals surface area contributed by atoms with Crippen LogP contribution in [0.4, 0.5) is 0 Å². The number of hydrogen-bond acceptors (Lipinski definition) is 5. The van der Waals surface area contributed by atoms with Gasteiger partial charge in [0.25, 0.3) is 0 Å². The summed E-state index contributed by atoms with van der Waals surface area (Å²) in [7, 11) is 0. The Morgan fingerprint density at radius 2 is 2.18 bits per heavy atom. The Morgan fingerprint density at radius 1 is 1.39 bits per heavy atom. The normalized spacial score (nSPS) is 29.2. The maximum atomic E-state index is 9.44. The maximum Gasteiger partial charge on any atom is 0.174 e. The molecule has 0 spiro atoms. The second-order valence-electron chi connectivity index (χ2n) is 9.05. The van der Waals surface area contributed by atoms with E-state index in [4.69, 9.17) is 25.8 Å². The molecule has 158 valence electrons. The van der Waals surface area contributed by atoms with Crippen molar-refractivity contribution in [3.8, 4) is 5.75 Å². The number of likely N-dealkylation sites (tertiary alicyclic amines) is 1. The molecular formula is C22H34ClNO4. The van der Waals surface area contributed by atoms with Crippen LogP contribution in [0.1, 0.15) is 39.2 Å². The summed E-state index contributed by atoms with van der Waals surface area (Å²) in [5, 5.41) is 10.1. The zero-order valence-electron chi connectivity index (χ0n) is 17.5. The third-order valence-electron chi connectivity index (χ3n) is 6.16. The second kappa shape index (κ2) is 8.88. The van der Waals surface area contributed by atoms with E-state index >= 15 is 0 Å². The number of nitrogens with zero attached hydrogens (tertiary/aromatic N) is 1. The van der Waals surface area contributed by atoms with Gasteiger partial charge in [-0.15, -0.1) is 0 Å². The molecule has 3 rings (SSSR count). The van der Waals surface area contributed by atoms with Crippen molar-refractivity contribution in [1.82, 2.24) is 4.90 Å². The molecule has 2 fully saturated rings. The molecule has 2 saturated heterocycles. The van der Waals surface area contributed by atoms with Crippen LogP contribution in [0.15, 0.2) is 18.2 Å². The summed E-state index contributed by atoms with van der Waals surface area (Å²) in [6.45, 7) is 12.3. The standard InChI is InChI=1S/C22H34ClNO4/c1-16-7-8-19(23)20(10-16)26-15-21(2,3)22(4)27-14-18(28-22)12-24-9-5-6-17(11-24)13-25/h7-8,10,17-18,25H,5-6,9,11-15H2,1-4H3. The fourth-order valence-corrected chi connectivity index (χ4v) is 4.12. The lowest BCUT2D eigenvalue weighted by atomic mass is 9.85. The maximum absolute atomic E-state index is 9.44. The summed E-state index contributed by atoms with van der Waals surface area (Å²) in [5.74, 6) is 0.350. The first-order valence-electron chi connectivity index (χ1n) is 10.3. The van der Waals surface area contributed by atoms with E-state index in [-0.39, 0.29) is 18.1 Å². The number of benzene rings is 1. The van der Waals surface area contributed by atoms with Crippen molar-refractivity contribution in [2.45, 2.75) is 52.4 Å². The highest BCUT2D eigenvalue weighted by atomic mass is 35.5. The summed E-state index contributed by atoms with van der Waals surface area (Å²) in [6, 6.07) is 5.78. The quantitative estimate of drug-likeness (QED) is 0.737. The van der Waals surface area contributed by atoms with Crippen LogP contribution in [0.25, 0.3) is 0 Å². The summed E-state index contributed by atoms with van der Waals surface area (Å²) in [6.07, 6.45) is 2.27. The molecule has 6 heteroatoms. The van der Waals surface area contributed by atoms with Crippen LogP contribution in [-0.2, 0) is 9.47 Å². The molecule has 3 unspecified atom stereocenters. The van der Waals surface area contributed by atoms with Crippen molar-refractivity contribution in [3.63, 3.8) is 0 Å². The largest absolute Gasteiger partial charge is 0.491 e. The van der Waals surface area contributed by atoms with Gasteiger partial charge < -0.3 is 24.2 Å². The van der Waals surface area contributed by atoms with E-state index in [0.29, 0.717) is 29.9 Å². The lowest BCUT2D eigenvalue weighted by molar-refractivity contribution is -0.231. The summed E-state index contributed by atoms with van der Waals surface area (Å²) in [4.78, 5) is 2.39. The lowest BCUT2D eigenvalue weighted by Crippen LogP contribution is -2.48. The summed E-state index contributed by atoms with van der Waals surface area (Å²) >= 11 is 6.26. The van der Waals surface area contributed by atoms with Crippen LogP contribution in [0, 0.1) is 18.3 Å². The third-order valence-corrected chi connectivity index (χ3v) is 6.48. The minimum atomic E-state index is -0.722. The van der Waals surface area contributed by atoms with Gasteiger partial charge in [0.15, 0.2) is 5.79 Å². The number of ether oxygens (including phenoxy) is 3. The van der Waals surface area contributed by atoms with Gasteiger partial charge in [0.1, 0.15) is 5.75 Å². The topological polar surface area (TPSA) is 51.2 Å². The van der Waals surface area contributed by atoms with Crippen LogP contribution in [0.3, 0.4) is 0 Å². The Kier molecular flexibility index (Phi) is 6.93. The van der Waals surface area contributed by atoms with Crippen molar-refractivity contribution in [1.29, 1.82) is 0 Å². The molecule has 3 atom stereocenters. The van der Waals surface area contributed by atoms with Crippen LogP contribution in [-0.4, -0.2) is 61.4 Å². The number of aliphatic hydroxyl groups is 1. The number of hydrogen-bond donors (Lipinski definition) is 1. The van der Waals surface area contributed by atoms with Gasteiger partial charge in [-0.2, -0.15) is 0 Å². The van der Waals surface area contributed by atoms with Crippen molar-refractivity contribution in [2.24, 2.45) is 11.3 Å². The molecule has 0 amide bonds. The van der Waals surface area contributed by atoms with Gasteiger partial charge in [-0.05, 0) is 56.8 Å². The molecular weight excluding hydrogens is 378 g/mol. The van der Waals surface area contributed by atoms with Gasteiger partial charge in [-0.1, -0.05) is 31.5 Å².